The highest BCUT2D eigenvalue weighted by atomic mass is 35.5. The van der Waals surface area contributed by atoms with Crippen LogP contribution in [-0.4, -0.2) is 68.6 Å². The molecule has 3 heterocycles. The molecule has 1 saturated heterocycles. The van der Waals surface area contributed by atoms with E-state index in [9.17, 15) is 33.4 Å². The molecule has 37 heavy (non-hydrogen) atoms. The van der Waals surface area contributed by atoms with Crippen LogP contribution in [0.5, 0.6) is 0 Å². The average Bonchev–Trinajstić information content (AvgIpc) is 3.23. The number of rotatable bonds is 9. The van der Waals surface area contributed by atoms with E-state index in [1.807, 2.05) is 0 Å². The van der Waals surface area contributed by atoms with Crippen molar-refractivity contribution < 1.29 is 56.3 Å². The fourth-order valence-corrected chi connectivity index (χ4v) is 7.08. The lowest BCUT2D eigenvalue weighted by Gasteiger charge is -2.30. The normalized spacial score (nSPS) is 28.3. The topological polar surface area (TPSA) is 305 Å². The van der Waals surface area contributed by atoms with Crippen molar-refractivity contribution in [1.29, 1.82) is 0 Å². The maximum Gasteiger partial charge on any atom is 0.490 e. The molecule has 10 N–H and O–H groups in total. The number of fused-ring (bicyclic) bond motifs is 1. The smallest absolute Gasteiger partial charge is 0.396 e. The summed E-state index contributed by atoms with van der Waals surface area (Å²) >= 11 is 5.58. The number of imidazole rings is 1. The van der Waals surface area contributed by atoms with Gasteiger partial charge in [0, 0.05) is 11.3 Å². The number of phosphoric ester groups is 1. The molecule has 23 heteroatoms. The third-order valence-electron chi connectivity index (χ3n) is 5.05. The van der Waals surface area contributed by atoms with Crippen molar-refractivity contribution >= 4 is 52.2 Å². The van der Waals surface area contributed by atoms with E-state index >= 15 is 0 Å². The predicted molar refractivity (Wildman–Crippen MR) is 122 cm³/mol. The molecular weight excluding hydrogens is 589 g/mol. The Kier molecular flexibility index (Phi) is 8.43. The number of nitrogens with one attached hydrogen (secondary N) is 1. The van der Waals surface area contributed by atoms with E-state index in [0.717, 1.165) is 17.8 Å². The molecule has 206 valence electrons. The Morgan fingerprint density at radius 1 is 1.30 bits per heavy atom. The highest BCUT2D eigenvalue weighted by Crippen LogP contribution is 2.66. The standard InChI is InChI=1S/C14H20ClN6O13P3/c1-6(32-36(27,28)34-37(29,30)33-35(24,25)26)9-7(4-22)14(17,2-3-15)12(31-9)21-5-18-8-10(21)19-13(16)20-11(8)23/h5-7,9,12,22H,4,17H2,1H3,(H,27,28)(H,29,30)(H2,24,25,26)(H3,16,19,20,23)/t6-,7?,9+,12+,14?/m0/s1. The predicted octanol–water partition coefficient (Wildman–Crippen LogP) is -1.16. The van der Waals surface area contributed by atoms with Crippen molar-refractivity contribution in [3.63, 3.8) is 0 Å². The molecule has 0 bridgehead atoms. The summed E-state index contributed by atoms with van der Waals surface area (Å²) in [6, 6.07) is 0. The lowest BCUT2D eigenvalue weighted by Crippen LogP contribution is -2.52. The Morgan fingerprint density at radius 3 is 2.51 bits per heavy atom. The summed E-state index contributed by atoms with van der Waals surface area (Å²) in [7, 11) is -17.0. The van der Waals surface area contributed by atoms with Crippen molar-refractivity contribution in [3.8, 4) is 11.3 Å². The number of aromatic nitrogens is 4. The summed E-state index contributed by atoms with van der Waals surface area (Å²) < 4.78 is 53.9. The van der Waals surface area contributed by atoms with E-state index in [1.54, 1.807) is 0 Å². The fraction of sp³-hybridized carbons (Fsp3) is 0.500. The molecule has 0 spiro atoms. The number of phosphoric acid groups is 3. The van der Waals surface area contributed by atoms with Gasteiger partial charge in [-0.2, -0.15) is 13.6 Å². The van der Waals surface area contributed by atoms with Gasteiger partial charge < -0.3 is 40.9 Å². The minimum atomic E-state index is -5.79. The molecule has 19 nitrogen and oxygen atoms in total. The minimum absolute atomic E-state index is 0.102. The molecule has 0 aromatic carbocycles. The number of nitrogens with zero attached hydrogens (tertiary/aromatic N) is 3. The number of hydrogen-bond acceptors (Lipinski definition) is 13. The first-order valence-corrected chi connectivity index (χ1v) is 14.6. The van der Waals surface area contributed by atoms with E-state index < -0.39 is 65.5 Å². The van der Waals surface area contributed by atoms with Crippen molar-refractivity contribution in [2.45, 2.75) is 30.9 Å². The highest BCUT2D eigenvalue weighted by molar-refractivity contribution is 7.66. The zero-order valence-electron chi connectivity index (χ0n) is 18.3. The summed E-state index contributed by atoms with van der Waals surface area (Å²) in [5, 5.41) is 12.1. The maximum atomic E-state index is 12.3. The first-order valence-electron chi connectivity index (χ1n) is 9.65. The van der Waals surface area contributed by atoms with Crippen LogP contribution >= 0.6 is 35.1 Å². The van der Waals surface area contributed by atoms with Crippen molar-refractivity contribution in [2.24, 2.45) is 11.7 Å². The molecule has 0 amide bonds. The number of aliphatic hydroxyl groups excluding tert-OH is 1. The van der Waals surface area contributed by atoms with Gasteiger partial charge in [0.2, 0.25) is 5.95 Å². The van der Waals surface area contributed by atoms with E-state index in [-0.39, 0.29) is 17.1 Å². The molecule has 0 aliphatic carbocycles. The maximum absolute atomic E-state index is 12.3. The molecule has 1 aliphatic heterocycles. The Hall–Kier alpha value is -1.71. The van der Waals surface area contributed by atoms with Crippen molar-refractivity contribution in [3.05, 3.63) is 16.7 Å². The molecule has 4 unspecified atom stereocenters. The number of aliphatic hydroxyl groups is 1. The number of hydrogen-bond donors (Lipinski definition) is 8. The molecule has 1 aliphatic rings. The second kappa shape index (κ2) is 10.5. The Labute approximate surface area is 211 Å². The first-order chi connectivity index (χ1) is 16.9. The molecule has 7 atom stereocenters. The Balaban J connectivity index is 1.97. The summed E-state index contributed by atoms with van der Waals surface area (Å²) in [4.78, 5) is 58.9. The van der Waals surface area contributed by atoms with Crippen molar-refractivity contribution in [2.75, 3.05) is 12.3 Å². The molecular formula is C14H20ClN6O13P3. The van der Waals surface area contributed by atoms with Gasteiger partial charge in [0.1, 0.15) is 5.54 Å². The van der Waals surface area contributed by atoms with Crippen LogP contribution in [-0.2, 0) is 31.6 Å². The second-order valence-electron chi connectivity index (χ2n) is 7.57. The number of nitrogen functional groups attached to an aromatic ring is 1. The van der Waals surface area contributed by atoms with Crippen LogP contribution in [0.2, 0.25) is 0 Å². The molecule has 3 rings (SSSR count). The zero-order valence-corrected chi connectivity index (χ0v) is 21.8. The SMILES string of the molecule is C[C@H](OP(=O)(O)OP(=O)(O)OP(=O)(O)O)[C@H]1O[C@@H](n2cnc3c(=O)[nH]c(N)nc32)C(N)(C#CCl)C1CO. The van der Waals surface area contributed by atoms with Gasteiger partial charge in [-0.15, -0.1) is 0 Å². The summed E-state index contributed by atoms with van der Waals surface area (Å²) in [6.07, 6.45) is -3.30. The third kappa shape index (κ3) is 6.48. The summed E-state index contributed by atoms with van der Waals surface area (Å²) in [5.41, 5.74) is 9.21. The van der Waals surface area contributed by atoms with Crippen LogP contribution in [0.4, 0.5) is 5.95 Å². The van der Waals surface area contributed by atoms with E-state index in [1.165, 1.54) is 0 Å². The van der Waals surface area contributed by atoms with Gasteiger partial charge in [-0.1, -0.05) is 5.92 Å². The van der Waals surface area contributed by atoms with Gasteiger partial charge in [0.05, 0.1) is 25.1 Å². The van der Waals surface area contributed by atoms with Gasteiger partial charge in [0.15, 0.2) is 17.4 Å². The van der Waals surface area contributed by atoms with Gasteiger partial charge in [-0.3, -0.25) is 18.9 Å². The van der Waals surface area contributed by atoms with Gasteiger partial charge in [0.25, 0.3) is 5.56 Å². The fourth-order valence-electron chi connectivity index (χ4n) is 3.72. The monoisotopic (exact) mass is 608 g/mol. The van der Waals surface area contributed by atoms with Crippen LogP contribution in [0.1, 0.15) is 13.2 Å². The molecule has 0 saturated carbocycles. The Bertz CT molecular complexity index is 1450. The number of aromatic amines is 1. The quantitative estimate of drug-likeness (QED) is 0.123. The number of H-pyrrole nitrogens is 1. The molecule has 0 radical (unpaired) electrons. The number of halogens is 1. The number of nitrogens with two attached hydrogens (primary N) is 2. The largest absolute Gasteiger partial charge is 0.490 e. The lowest BCUT2D eigenvalue weighted by atomic mass is 9.82. The van der Waals surface area contributed by atoms with Crippen LogP contribution in [0, 0.1) is 17.2 Å². The van der Waals surface area contributed by atoms with Crippen LogP contribution in [0.25, 0.3) is 11.2 Å². The van der Waals surface area contributed by atoms with Crippen LogP contribution < -0.4 is 17.0 Å². The van der Waals surface area contributed by atoms with Gasteiger partial charge >= 0.3 is 23.5 Å². The molecule has 2 aromatic rings. The van der Waals surface area contributed by atoms with Crippen LogP contribution in [0.3, 0.4) is 0 Å². The van der Waals surface area contributed by atoms with Gasteiger partial charge in [-0.05, 0) is 18.5 Å². The zero-order chi connectivity index (χ0) is 28.0. The van der Waals surface area contributed by atoms with E-state index in [2.05, 4.69) is 34.9 Å². The minimum Gasteiger partial charge on any atom is -0.396 e. The molecule has 1 fully saturated rings. The van der Waals surface area contributed by atoms with Crippen molar-refractivity contribution in [1.82, 2.24) is 19.5 Å². The highest BCUT2D eigenvalue weighted by Gasteiger charge is 2.57. The first kappa shape index (κ1) is 29.8. The second-order valence-corrected chi connectivity index (χ2v) is 12.1. The van der Waals surface area contributed by atoms with Gasteiger partial charge in [-0.25, -0.2) is 18.7 Å². The van der Waals surface area contributed by atoms with E-state index in [0.29, 0.717) is 0 Å². The third-order valence-corrected chi connectivity index (χ3v) is 9.07. The number of anilines is 1. The Morgan fingerprint density at radius 2 is 1.95 bits per heavy atom. The average molecular weight is 609 g/mol. The molecule has 2 aromatic heterocycles. The lowest BCUT2D eigenvalue weighted by molar-refractivity contribution is -0.0656. The van der Waals surface area contributed by atoms with E-state index in [4.69, 9.17) is 42.1 Å². The summed E-state index contributed by atoms with van der Waals surface area (Å²) in [6.45, 7) is 0.353. The van der Waals surface area contributed by atoms with Crippen LogP contribution in [0.15, 0.2) is 11.1 Å². The summed E-state index contributed by atoms with van der Waals surface area (Å²) in [5.74, 6) is 0.959. The number of ether oxygens (including phenoxy) is 1.